The highest BCUT2D eigenvalue weighted by Gasteiger charge is 1.94. The number of carbonyl (C=O) groups is 1. The molecule has 18 heavy (non-hydrogen) atoms. The number of hydrogen-bond donors (Lipinski definition) is 0. The molecule has 96 valence electrons. The fourth-order valence-corrected chi connectivity index (χ4v) is 1.55. The number of allylic oxidation sites excluding steroid dienone is 3. The summed E-state index contributed by atoms with van der Waals surface area (Å²) in [6.07, 6.45) is 7.18. The van der Waals surface area contributed by atoms with Crippen LogP contribution in [0.3, 0.4) is 0 Å². The third-order valence-electron chi connectivity index (χ3n) is 2.55. The molecule has 0 spiro atoms. The number of hydrogen-bond acceptors (Lipinski definition) is 2. The van der Waals surface area contributed by atoms with E-state index in [2.05, 4.69) is 31.2 Å². The number of carbonyl (C=O) groups excluding carboxylic acids is 1. The van der Waals surface area contributed by atoms with Gasteiger partial charge in [0.15, 0.2) is 0 Å². The summed E-state index contributed by atoms with van der Waals surface area (Å²) in [4.78, 5) is 11.1. The topological polar surface area (TPSA) is 26.3 Å². The zero-order chi connectivity index (χ0) is 13.2. The van der Waals surface area contributed by atoms with E-state index in [-0.39, 0.29) is 5.97 Å². The molecule has 0 aliphatic rings. The highest BCUT2D eigenvalue weighted by atomic mass is 16.5. The van der Waals surface area contributed by atoms with Crippen LogP contribution in [-0.2, 0) is 16.0 Å². The predicted octanol–water partition coefficient (Wildman–Crippen LogP) is 3.68. The summed E-state index contributed by atoms with van der Waals surface area (Å²) in [5, 5.41) is 0. The molecule has 0 N–H and O–H groups in total. The molecule has 0 fully saturated rings. The molecule has 0 radical (unpaired) electrons. The Bertz CT molecular complexity index is 416. The summed E-state index contributed by atoms with van der Waals surface area (Å²) in [5.74, 6) is -0.287. The summed E-state index contributed by atoms with van der Waals surface area (Å²) in [6, 6.07) is 10.4. The van der Waals surface area contributed by atoms with E-state index in [0.717, 1.165) is 12.8 Å². The molecule has 2 heteroatoms. The Morgan fingerprint density at radius 3 is 2.67 bits per heavy atom. The average Bonchev–Trinajstić information content (AvgIpc) is 2.38. The van der Waals surface area contributed by atoms with Crippen LogP contribution in [0.5, 0.6) is 0 Å². The quantitative estimate of drug-likeness (QED) is 0.433. The van der Waals surface area contributed by atoms with Gasteiger partial charge in [-0.05, 0) is 32.3 Å². The second kappa shape index (κ2) is 8.29. The monoisotopic (exact) mass is 244 g/mol. The van der Waals surface area contributed by atoms with E-state index in [0.29, 0.717) is 6.61 Å². The van der Waals surface area contributed by atoms with Crippen LogP contribution in [0.4, 0.5) is 0 Å². The smallest absolute Gasteiger partial charge is 0.330 e. The van der Waals surface area contributed by atoms with Gasteiger partial charge in [-0.3, -0.25) is 0 Å². The van der Waals surface area contributed by atoms with Crippen LogP contribution in [0.25, 0.3) is 0 Å². The first-order valence-electron chi connectivity index (χ1n) is 6.27. The number of benzene rings is 1. The molecule has 2 nitrogen and oxygen atoms in total. The number of rotatable bonds is 6. The fourth-order valence-electron chi connectivity index (χ4n) is 1.55. The van der Waals surface area contributed by atoms with Crippen molar-refractivity contribution in [3.8, 4) is 0 Å². The fraction of sp³-hybridized carbons (Fsp3) is 0.312. The molecular formula is C16H20O2. The van der Waals surface area contributed by atoms with Gasteiger partial charge in [0, 0.05) is 6.08 Å². The molecule has 0 aromatic heterocycles. The molecule has 1 rings (SSSR count). The lowest BCUT2D eigenvalue weighted by Gasteiger charge is -2.00. The van der Waals surface area contributed by atoms with Gasteiger partial charge in [0.2, 0.25) is 0 Å². The van der Waals surface area contributed by atoms with Gasteiger partial charge in [0.1, 0.15) is 0 Å². The van der Waals surface area contributed by atoms with Crippen LogP contribution in [0.2, 0.25) is 0 Å². The Balaban J connectivity index is 2.36. The van der Waals surface area contributed by atoms with Gasteiger partial charge < -0.3 is 4.74 Å². The van der Waals surface area contributed by atoms with Gasteiger partial charge in [-0.25, -0.2) is 4.79 Å². The largest absolute Gasteiger partial charge is 0.463 e. The summed E-state index contributed by atoms with van der Waals surface area (Å²) in [6.45, 7) is 4.28. The van der Waals surface area contributed by atoms with Crippen molar-refractivity contribution in [2.45, 2.75) is 26.7 Å². The van der Waals surface area contributed by atoms with Gasteiger partial charge in [-0.15, -0.1) is 0 Å². The number of aryl methyl sites for hydroxylation is 1. The molecule has 0 bridgehead atoms. The van der Waals surface area contributed by atoms with Gasteiger partial charge in [-0.2, -0.15) is 0 Å². The van der Waals surface area contributed by atoms with E-state index in [4.69, 9.17) is 4.74 Å². The SMILES string of the molecule is CCOC(=O)C=CC=C(C)CCc1ccccc1. The Kier molecular flexibility index (Phi) is 6.55. The second-order valence-corrected chi connectivity index (χ2v) is 4.11. The van der Waals surface area contributed by atoms with E-state index < -0.39 is 0 Å². The minimum atomic E-state index is -0.287. The maximum atomic E-state index is 11.1. The summed E-state index contributed by atoms with van der Waals surface area (Å²) in [7, 11) is 0. The highest BCUT2D eigenvalue weighted by Crippen LogP contribution is 2.08. The molecule has 0 atom stereocenters. The number of esters is 1. The third-order valence-corrected chi connectivity index (χ3v) is 2.55. The van der Waals surface area contributed by atoms with Crippen LogP contribution >= 0.6 is 0 Å². The van der Waals surface area contributed by atoms with Crippen molar-refractivity contribution in [3.63, 3.8) is 0 Å². The molecule has 1 aromatic rings. The minimum Gasteiger partial charge on any atom is -0.463 e. The Hall–Kier alpha value is -1.83. The van der Waals surface area contributed by atoms with Crippen LogP contribution in [0.1, 0.15) is 25.8 Å². The molecule has 0 amide bonds. The molecule has 0 saturated carbocycles. The first-order chi connectivity index (χ1) is 8.72. The van der Waals surface area contributed by atoms with Crippen molar-refractivity contribution in [3.05, 3.63) is 59.7 Å². The van der Waals surface area contributed by atoms with Gasteiger partial charge in [-0.1, -0.05) is 48.1 Å². The van der Waals surface area contributed by atoms with Crippen LogP contribution in [-0.4, -0.2) is 12.6 Å². The van der Waals surface area contributed by atoms with Crippen LogP contribution in [0, 0.1) is 0 Å². The molecule has 0 aliphatic heterocycles. The number of ether oxygens (including phenoxy) is 1. The van der Waals surface area contributed by atoms with E-state index in [9.17, 15) is 4.79 Å². The maximum absolute atomic E-state index is 11.1. The molecule has 1 aromatic carbocycles. The predicted molar refractivity (Wildman–Crippen MR) is 74.3 cm³/mol. The van der Waals surface area contributed by atoms with Crippen molar-refractivity contribution < 1.29 is 9.53 Å². The average molecular weight is 244 g/mol. The van der Waals surface area contributed by atoms with Gasteiger partial charge >= 0.3 is 5.97 Å². The lowest BCUT2D eigenvalue weighted by atomic mass is 10.1. The van der Waals surface area contributed by atoms with Crippen LogP contribution < -0.4 is 0 Å². The second-order valence-electron chi connectivity index (χ2n) is 4.11. The standard InChI is InChI=1S/C16H20O2/c1-3-18-16(17)11-7-8-14(2)12-13-15-9-5-4-6-10-15/h4-11H,3,12-13H2,1-2H3. The Morgan fingerprint density at radius 2 is 2.00 bits per heavy atom. The Morgan fingerprint density at radius 1 is 1.28 bits per heavy atom. The molecule has 0 unspecified atom stereocenters. The van der Waals surface area contributed by atoms with Gasteiger partial charge in [0.05, 0.1) is 6.61 Å². The first-order valence-corrected chi connectivity index (χ1v) is 6.27. The van der Waals surface area contributed by atoms with E-state index in [1.807, 2.05) is 12.1 Å². The summed E-state index contributed by atoms with van der Waals surface area (Å²) < 4.78 is 4.80. The van der Waals surface area contributed by atoms with Gasteiger partial charge in [0.25, 0.3) is 0 Å². The maximum Gasteiger partial charge on any atom is 0.330 e. The molecular weight excluding hydrogens is 224 g/mol. The van der Waals surface area contributed by atoms with E-state index in [1.54, 1.807) is 13.0 Å². The zero-order valence-corrected chi connectivity index (χ0v) is 11.1. The molecule has 0 saturated heterocycles. The van der Waals surface area contributed by atoms with Crippen molar-refractivity contribution >= 4 is 5.97 Å². The normalized spacial score (nSPS) is 11.8. The lowest BCUT2D eigenvalue weighted by Crippen LogP contribution is -1.98. The molecule has 0 heterocycles. The van der Waals surface area contributed by atoms with E-state index >= 15 is 0 Å². The highest BCUT2D eigenvalue weighted by molar-refractivity contribution is 5.82. The van der Waals surface area contributed by atoms with Crippen molar-refractivity contribution in [1.82, 2.24) is 0 Å². The van der Waals surface area contributed by atoms with E-state index in [1.165, 1.54) is 17.2 Å². The summed E-state index contributed by atoms with van der Waals surface area (Å²) in [5.41, 5.74) is 2.58. The van der Waals surface area contributed by atoms with Crippen molar-refractivity contribution in [1.29, 1.82) is 0 Å². The molecule has 0 aliphatic carbocycles. The minimum absolute atomic E-state index is 0.287. The first kappa shape index (κ1) is 14.2. The zero-order valence-electron chi connectivity index (χ0n) is 11.1. The Labute approximate surface area is 109 Å². The third kappa shape index (κ3) is 6.04. The van der Waals surface area contributed by atoms with Crippen molar-refractivity contribution in [2.24, 2.45) is 0 Å². The summed E-state index contributed by atoms with van der Waals surface area (Å²) >= 11 is 0. The van der Waals surface area contributed by atoms with Crippen molar-refractivity contribution in [2.75, 3.05) is 6.61 Å². The lowest BCUT2D eigenvalue weighted by molar-refractivity contribution is -0.137. The van der Waals surface area contributed by atoms with Crippen LogP contribution in [0.15, 0.2) is 54.1 Å².